The fraction of sp³-hybridized carbons (Fsp3) is 0.600. The molecule has 3 unspecified atom stereocenters. The maximum Gasteiger partial charge on any atom is 0.182 e. The van der Waals surface area contributed by atoms with Gasteiger partial charge < -0.3 is 10.1 Å². The first-order valence-corrected chi connectivity index (χ1v) is 8.59. The number of nitrogens with one attached hydrogen (secondary N) is 1. The van der Waals surface area contributed by atoms with Crippen LogP contribution in [0.15, 0.2) is 29.2 Å². The zero-order chi connectivity index (χ0) is 14.8. The zero-order valence-corrected chi connectivity index (χ0v) is 13.1. The summed E-state index contributed by atoms with van der Waals surface area (Å²) in [6.45, 7) is 2.12. The first kappa shape index (κ1) is 15.3. The highest BCUT2D eigenvalue weighted by molar-refractivity contribution is 7.92. The minimum Gasteiger partial charge on any atom is -0.497 e. The number of hydrogen-bond acceptors (Lipinski definition) is 4. The Bertz CT molecular complexity index is 556. The van der Waals surface area contributed by atoms with Crippen LogP contribution in [0.2, 0.25) is 0 Å². The third-order valence-corrected chi connectivity index (χ3v) is 6.42. The topological polar surface area (TPSA) is 55.4 Å². The highest BCUT2D eigenvalue weighted by Crippen LogP contribution is 2.33. The molecule has 2 rings (SSSR count). The molecule has 0 saturated heterocycles. The molecule has 0 heterocycles. The molecule has 5 heteroatoms. The Kier molecular flexibility index (Phi) is 4.70. The van der Waals surface area contributed by atoms with Gasteiger partial charge in [0.15, 0.2) is 9.84 Å². The van der Waals surface area contributed by atoms with Crippen LogP contribution in [-0.2, 0) is 9.84 Å². The van der Waals surface area contributed by atoms with Crippen molar-refractivity contribution in [2.45, 2.75) is 42.4 Å². The van der Waals surface area contributed by atoms with Crippen molar-refractivity contribution >= 4 is 9.84 Å². The van der Waals surface area contributed by atoms with Gasteiger partial charge in [0.25, 0.3) is 0 Å². The smallest absolute Gasteiger partial charge is 0.182 e. The van der Waals surface area contributed by atoms with Crippen molar-refractivity contribution in [1.29, 1.82) is 0 Å². The van der Waals surface area contributed by atoms with Gasteiger partial charge in [0.05, 0.1) is 17.3 Å². The second-order valence-corrected chi connectivity index (χ2v) is 7.74. The van der Waals surface area contributed by atoms with Crippen LogP contribution in [0.1, 0.15) is 26.2 Å². The quantitative estimate of drug-likeness (QED) is 0.926. The van der Waals surface area contributed by atoms with Crippen molar-refractivity contribution in [2.75, 3.05) is 14.2 Å². The summed E-state index contributed by atoms with van der Waals surface area (Å²) in [6.07, 6.45) is 2.70. The maximum atomic E-state index is 12.9. The molecule has 4 nitrogen and oxygen atoms in total. The van der Waals surface area contributed by atoms with E-state index in [4.69, 9.17) is 4.74 Å². The van der Waals surface area contributed by atoms with E-state index in [-0.39, 0.29) is 11.3 Å². The summed E-state index contributed by atoms with van der Waals surface area (Å²) in [5, 5.41) is 2.81. The molecule has 0 amide bonds. The van der Waals surface area contributed by atoms with Crippen molar-refractivity contribution in [3.05, 3.63) is 24.3 Å². The molecule has 20 heavy (non-hydrogen) atoms. The van der Waals surface area contributed by atoms with Crippen LogP contribution in [0.5, 0.6) is 5.75 Å². The molecule has 1 aliphatic rings. The van der Waals surface area contributed by atoms with E-state index in [1.54, 1.807) is 31.4 Å². The fourth-order valence-electron chi connectivity index (χ4n) is 2.95. The van der Waals surface area contributed by atoms with Gasteiger partial charge >= 0.3 is 0 Å². The van der Waals surface area contributed by atoms with Crippen LogP contribution in [-0.4, -0.2) is 33.9 Å². The minimum atomic E-state index is -3.33. The number of rotatable bonds is 4. The molecule has 1 saturated carbocycles. The number of benzene rings is 1. The van der Waals surface area contributed by atoms with E-state index in [2.05, 4.69) is 12.2 Å². The molecule has 0 aromatic heterocycles. The first-order chi connectivity index (χ1) is 9.48. The lowest BCUT2D eigenvalue weighted by atomic mass is 9.87. The summed E-state index contributed by atoms with van der Waals surface area (Å²) in [4.78, 5) is 0.358. The lowest BCUT2D eigenvalue weighted by molar-refractivity contribution is 0.319. The molecule has 0 radical (unpaired) electrons. The summed E-state index contributed by atoms with van der Waals surface area (Å²) in [5.41, 5.74) is 0. The number of hydrogen-bond donors (Lipinski definition) is 1. The van der Waals surface area contributed by atoms with Gasteiger partial charge in [0, 0.05) is 6.04 Å². The Balaban J connectivity index is 2.36. The van der Waals surface area contributed by atoms with E-state index in [1.165, 1.54) is 0 Å². The summed E-state index contributed by atoms with van der Waals surface area (Å²) in [7, 11) is 0.0571. The summed E-state index contributed by atoms with van der Waals surface area (Å²) in [6, 6.07) is 6.79. The lowest BCUT2D eigenvalue weighted by Gasteiger charge is -2.34. The van der Waals surface area contributed by atoms with Gasteiger partial charge in [0.2, 0.25) is 0 Å². The van der Waals surface area contributed by atoms with Crippen LogP contribution in [0.25, 0.3) is 0 Å². The summed E-state index contributed by atoms with van der Waals surface area (Å²) < 4.78 is 30.9. The Hall–Kier alpha value is -1.07. The van der Waals surface area contributed by atoms with E-state index >= 15 is 0 Å². The Morgan fingerprint density at radius 1 is 1.30 bits per heavy atom. The fourth-order valence-corrected chi connectivity index (χ4v) is 5.14. The van der Waals surface area contributed by atoms with Gasteiger partial charge in [-0.2, -0.15) is 0 Å². The van der Waals surface area contributed by atoms with E-state index in [1.807, 2.05) is 7.05 Å². The molecule has 112 valence electrons. The number of sulfone groups is 1. The third-order valence-electron chi connectivity index (χ3n) is 4.19. The maximum absolute atomic E-state index is 12.9. The van der Waals surface area contributed by atoms with E-state index in [9.17, 15) is 8.42 Å². The second kappa shape index (κ2) is 6.14. The Labute approximate surface area is 121 Å². The van der Waals surface area contributed by atoms with Crippen molar-refractivity contribution in [1.82, 2.24) is 5.32 Å². The van der Waals surface area contributed by atoms with Crippen LogP contribution in [0.4, 0.5) is 0 Å². The third kappa shape index (κ3) is 2.99. The normalized spacial score (nSPS) is 27.2. The molecule has 0 aliphatic heterocycles. The molecule has 1 fully saturated rings. The van der Waals surface area contributed by atoms with Gasteiger partial charge in [-0.15, -0.1) is 0 Å². The van der Waals surface area contributed by atoms with Crippen molar-refractivity contribution in [3.63, 3.8) is 0 Å². The van der Waals surface area contributed by atoms with Crippen molar-refractivity contribution in [3.8, 4) is 5.75 Å². The molecule has 1 aliphatic carbocycles. The monoisotopic (exact) mass is 297 g/mol. The van der Waals surface area contributed by atoms with Crippen molar-refractivity contribution in [2.24, 2.45) is 5.92 Å². The molecule has 0 spiro atoms. The highest BCUT2D eigenvalue weighted by Gasteiger charge is 2.38. The molecule has 3 atom stereocenters. The molecule has 1 aromatic rings. The van der Waals surface area contributed by atoms with Crippen LogP contribution in [0, 0.1) is 5.92 Å². The van der Waals surface area contributed by atoms with Crippen molar-refractivity contribution < 1.29 is 13.2 Å². The predicted octanol–water partition coefficient (Wildman–Crippen LogP) is 2.25. The molecule has 1 N–H and O–H groups in total. The van der Waals surface area contributed by atoms with Gasteiger partial charge in [-0.25, -0.2) is 8.42 Å². The van der Waals surface area contributed by atoms with Gasteiger partial charge in [-0.1, -0.05) is 13.0 Å². The van der Waals surface area contributed by atoms with Gasteiger partial charge in [-0.3, -0.25) is 0 Å². The largest absolute Gasteiger partial charge is 0.497 e. The average Bonchev–Trinajstić information content (AvgIpc) is 2.47. The van der Waals surface area contributed by atoms with Crippen LogP contribution in [0.3, 0.4) is 0 Å². The molecule has 0 bridgehead atoms. The zero-order valence-electron chi connectivity index (χ0n) is 12.3. The molecular weight excluding hydrogens is 274 g/mol. The summed E-state index contributed by atoms with van der Waals surface area (Å²) in [5.74, 6) is 1.03. The highest BCUT2D eigenvalue weighted by atomic mass is 32.2. The molecule has 1 aromatic carbocycles. The van der Waals surface area contributed by atoms with E-state index in [0.29, 0.717) is 23.0 Å². The summed E-state index contributed by atoms with van der Waals surface area (Å²) >= 11 is 0. The predicted molar refractivity (Wildman–Crippen MR) is 79.8 cm³/mol. The Morgan fingerprint density at radius 3 is 2.70 bits per heavy atom. The van der Waals surface area contributed by atoms with E-state index < -0.39 is 9.84 Å². The average molecular weight is 297 g/mol. The SMILES string of the molecule is CNC1CCC(C)CC1S(=O)(=O)c1cccc(OC)c1. The van der Waals surface area contributed by atoms with Gasteiger partial charge in [-0.05, 0) is 50.4 Å². The lowest BCUT2D eigenvalue weighted by Crippen LogP contribution is -2.46. The van der Waals surface area contributed by atoms with Crippen LogP contribution >= 0.6 is 0 Å². The minimum absolute atomic E-state index is 0.0300. The Morgan fingerprint density at radius 2 is 2.05 bits per heavy atom. The number of ether oxygens (including phenoxy) is 1. The van der Waals surface area contributed by atoms with Crippen LogP contribution < -0.4 is 10.1 Å². The van der Waals surface area contributed by atoms with E-state index in [0.717, 1.165) is 12.8 Å². The van der Waals surface area contributed by atoms with Gasteiger partial charge in [0.1, 0.15) is 5.75 Å². The number of methoxy groups -OCH3 is 1. The standard InChI is InChI=1S/C15H23NO3S/c1-11-7-8-14(16-2)15(9-11)20(17,18)13-6-4-5-12(10-13)19-3/h4-6,10-11,14-16H,7-9H2,1-3H3. The first-order valence-electron chi connectivity index (χ1n) is 7.04. The second-order valence-electron chi connectivity index (χ2n) is 5.58. The molecular formula is C15H23NO3S.